The number of para-hydroxylation sites is 1. The molecule has 1 unspecified atom stereocenters. The van der Waals surface area contributed by atoms with Gasteiger partial charge in [-0.1, -0.05) is 13.0 Å². The Hall–Kier alpha value is -2.08. The molecule has 0 saturated heterocycles. The molecule has 1 aromatic carbocycles. The number of thiazole rings is 1. The molecular weight excluding hydrogens is 300 g/mol. The summed E-state index contributed by atoms with van der Waals surface area (Å²) in [5.74, 6) is 0.956. The fraction of sp³-hybridized carbons (Fsp3) is 0.375. The smallest absolute Gasteiger partial charge is 0.255 e. The second-order valence-corrected chi connectivity index (χ2v) is 6.20. The summed E-state index contributed by atoms with van der Waals surface area (Å²) in [5.41, 5.74) is -0.00261. The molecule has 0 fully saturated rings. The number of benzene rings is 1. The first-order chi connectivity index (χ1) is 10.6. The number of aromatic nitrogens is 1. The topological polar surface area (TPSA) is 60.5 Å². The van der Waals surface area contributed by atoms with E-state index in [4.69, 9.17) is 9.47 Å². The number of amides is 1. The monoisotopic (exact) mass is 318 g/mol. The predicted molar refractivity (Wildman–Crippen MR) is 84.7 cm³/mol. The van der Waals surface area contributed by atoms with E-state index >= 15 is 0 Å². The number of nitrogens with one attached hydrogen (secondary N) is 1. The summed E-state index contributed by atoms with van der Waals surface area (Å²) in [7, 11) is 0. The van der Waals surface area contributed by atoms with Crippen LogP contribution in [0, 0.1) is 0 Å². The van der Waals surface area contributed by atoms with Crippen LogP contribution < -0.4 is 14.8 Å². The van der Waals surface area contributed by atoms with Gasteiger partial charge in [0.1, 0.15) is 18.2 Å². The lowest BCUT2D eigenvalue weighted by Crippen LogP contribution is -2.43. The molecule has 0 spiro atoms. The molecule has 22 heavy (non-hydrogen) atoms. The summed E-state index contributed by atoms with van der Waals surface area (Å²) >= 11 is 1.54. The van der Waals surface area contributed by atoms with Crippen LogP contribution in [-0.2, 0) is 5.54 Å². The number of fused-ring (bicyclic) bond motifs is 1. The Labute approximate surface area is 133 Å². The van der Waals surface area contributed by atoms with Crippen molar-refractivity contribution in [2.24, 2.45) is 0 Å². The van der Waals surface area contributed by atoms with Crippen LogP contribution in [0.2, 0.25) is 0 Å². The maximum Gasteiger partial charge on any atom is 0.255 e. The average molecular weight is 318 g/mol. The van der Waals surface area contributed by atoms with Crippen molar-refractivity contribution >= 4 is 17.2 Å². The van der Waals surface area contributed by atoms with Crippen molar-refractivity contribution in [3.05, 3.63) is 40.3 Å². The molecule has 2 heterocycles. The Kier molecular flexibility index (Phi) is 4.02. The van der Waals surface area contributed by atoms with E-state index in [1.165, 1.54) is 11.3 Å². The highest BCUT2D eigenvalue weighted by atomic mass is 32.1. The number of hydrogen-bond acceptors (Lipinski definition) is 5. The Morgan fingerprint density at radius 1 is 1.41 bits per heavy atom. The maximum absolute atomic E-state index is 12.7. The number of rotatable bonds is 4. The van der Waals surface area contributed by atoms with Crippen molar-refractivity contribution in [2.45, 2.75) is 25.8 Å². The van der Waals surface area contributed by atoms with E-state index in [2.05, 4.69) is 10.3 Å². The number of hydrogen-bond donors (Lipinski definition) is 1. The third-order valence-corrected chi connectivity index (χ3v) is 4.85. The Bertz CT molecular complexity index is 672. The van der Waals surface area contributed by atoms with Gasteiger partial charge < -0.3 is 14.8 Å². The highest BCUT2D eigenvalue weighted by Crippen LogP contribution is 2.34. The summed E-state index contributed by atoms with van der Waals surface area (Å²) in [6.07, 6.45) is 2.50. The van der Waals surface area contributed by atoms with Crippen LogP contribution in [0.25, 0.3) is 0 Å². The molecule has 1 amide bonds. The Morgan fingerprint density at radius 2 is 2.23 bits per heavy atom. The highest BCUT2D eigenvalue weighted by Gasteiger charge is 2.31. The van der Waals surface area contributed by atoms with E-state index in [1.54, 1.807) is 18.3 Å². The van der Waals surface area contributed by atoms with Gasteiger partial charge in [0.2, 0.25) is 0 Å². The Balaban J connectivity index is 1.89. The van der Waals surface area contributed by atoms with Crippen molar-refractivity contribution in [1.29, 1.82) is 0 Å². The van der Waals surface area contributed by atoms with Crippen molar-refractivity contribution in [1.82, 2.24) is 10.3 Å². The highest BCUT2D eigenvalue weighted by molar-refractivity contribution is 7.09. The lowest BCUT2D eigenvalue weighted by Gasteiger charge is -2.28. The van der Waals surface area contributed by atoms with Crippen molar-refractivity contribution in [2.75, 3.05) is 13.2 Å². The summed E-state index contributed by atoms with van der Waals surface area (Å²) in [6, 6.07) is 5.36. The molecule has 1 aliphatic heterocycles. The van der Waals surface area contributed by atoms with E-state index in [0.717, 1.165) is 11.4 Å². The molecule has 0 bridgehead atoms. The SMILES string of the molecule is CCC(C)(NC(=O)c1cccc2c1OCCO2)c1nccs1. The standard InChI is InChI=1S/C16H18N2O3S/c1-3-16(2,15-17-7-10-22-15)18-14(19)11-5-4-6-12-13(11)21-9-8-20-12/h4-7,10H,3,8-9H2,1-2H3,(H,18,19). The van der Waals surface area contributed by atoms with Gasteiger partial charge in [-0.2, -0.15) is 0 Å². The first kappa shape index (κ1) is 14.8. The first-order valence-electron chi connectivity index (χ1n) is 7.25. The van der Waals surface area contributed by atoms with E-state index in [1.807, 2.05) is 25.3 Å². The van der Waals surface area contributed by atoms with Crippen LogP contribution >= 0.6 is 11.3 Å². The van der Waals surface area contributed by atoms with Gasteiger partial charge in [-0.3, -0.25) is 4.79 Å². The molecule has 1 aliphatic rings. The lowest BCUT2D eigenvalue weighted by atomic mass is 9.99. The molecule has 5 nitrogen and oxygen atoms in total. The maximum atomic E-state index is 12.7. The molecule has 3 rings (SSSR count). The number of carbonyl (C=O) groups excluding carboxylic acids is 1. The zero-order chi connectivity index (χ0) is 15.6. The molecule has 2 aromatic rings. The molecule has 116 valence electrons. The first-order valence-corrected chi connectivity index (χ1v) is 8.13. The van der Waals surface area contributed by atoms with Gasteiger partial charge in [0.05, 0.1) is 11.1 Å². The number of nitrogens with zero attached hydrogens (tertiary/aromatic N) is 1. The third kappa shape index (κ3) is 2.66. The van der Waals surface area contributed by atoms with E-state index in [9.17, 15) is 4.79 Å². The quantitative estimate of drug-likeness (QED) is 0.941. The molecule has 1 atom stereocenters. The normalized spacial score (nSPS) is 15.9. The van der Waals surface area contributed by atoms with Crippen LogP contribution in [0.5, 0.6) is 11.5 Å². The molecule has 1 aromatic heterocycles. The molecular formula is C16H18N2O3S. The van der Waals surface area contributed by atoms with Gasteiger partial charge in [-0.15, -0.1) is 11.3 Å². The zero-order valence-corrected chi connectivity index (χ0v) is 13.4. The van der Waals surface area contributed by atoms with Gasteiger partial charge in [-0.25, -0.2) is 4.98 Å². The predicted octanol–water partition coefficient (Wildman–Crippen LogP) is 2.97. The largest absolute Gasteiger partial charge is 0.486 e. The lowest BCUT2D eigenvalue weighted by molar-refractivity contribution is 0.0891. The number of carbonyl (C=O) groups is 1. The third-order valence-electron chi connectivity index (χ3n) is 3.81. The van der Waals surface area contributed by atoms with Crippen molar-refractivity contribution in [3.8, 4) is 11.5 Å². The zero-order valence-electron chi connectivity index (χ0n) is 12.6. The average Bonchev–Trinajstić information content (AvgIpc) is 3.09. The van der Waals surface area contributed by atoms with Gasteiger partial charge >= 0.3 is 0 Å². The fourth-order valence-electron chi connectivity index (χ4n) is 2.36. The Morgan fingerprint density at radius 3 is 2.95 bits per heavy atom. The van der Waals surface area contributed by atoms with Crippen LogP contribution in [0.3, 0.4) is 0 Å². The second kappa shape index (κ2) is 5.96. The van der Waals surface area contributed by atoms with Crippen LogP contribution in [0.4, 0.5) is 0 Å². The molecule has 1 N–H and O–H groups in total. The molecule has 6 heteroatoms. The second-order valence-electron chi connectivity index (χ2n) is 5.31. The molecule has 0 aliphatic carbocycles. The van der Waals surface area contributed by atoms with Gasteiger partial charge in [-0.05, 0) is 25.5 Å². The summed E-state index contributed by atoms with van der Waals surface area (Å²) < 4.78 is 11.1. The van der Waals surface area contributed by atoms with Gasteiger partial charge in [0.25, 0.3) is 5.91 Å². The summed E-state index contributed by atoms with van der Waals surface area (Å²) in [5, 5.41) is 5.89. The molecule has 0 radical (unpaired) electrons. The van der Waals surface area contributed by atoms with E-state index < -0.39 is 5.54 Å². The minimum absolute atomic E-state index is 0.179. The van der Waals surface area contributed by atoms with Crippen LogP contribution in [0.15, 0.2) is 29.8 Å². The minimum atomic E-state index is -0.497. The summed E-state index contributed by atoms with van der Waals surface area (Å²) in [4.78, 5) is 17.1. The van der Waals surface area contributed by atoms with E-state index in [0.29, 0.717) is 30.3 Å². The van der Waals surface area contributed by atoms with Gasteiger partial charge in [0.15, 0.2) is 11.5 Å². The van der Waals surface area contributed by atoms with Crippen LogP contribution in [-0.4, -0.2) is 24.1 Å². The fourth-order valence-corrected chi connectivity index (χ4v) is 3.19. The van der Waals surface area contributed by atoms with Crippen molar-refractivity contribution < 1.29 is 14.3 Å². The van der Waals surface area contributed by atoms with Crippen molar-refractivity contribution in [3.63, 3.8) is 0 Å². The van der Waals surface area contributed by atoms with Gasteiger partial charge in [0, 0.05) is 11.6 Å². The number of ether oxygens (including phenoxy) is 2. The minimum Gasteiger partial charge on any atom is -0.486 e. The summed E-state index contributed by atoms with van der Waals surface area (Å²) in [6.45, 7) is 4.97. The van der Waals surface area contributed by atoms with Crippen LogP contribution in [0.1, 0.15) is 35.6 Å². The van der Waals surface area contributed by atoms with E-state index in [-0.39, 0.29) is 5.91 Å². The molecule has 0 saturated carbocycles.